The van der Waals surface area contributed by atoms with Gasteiger partial charge in [-0.25, -0.2) is 4.98 Å². The number of amides is 1. The first-order chi connectivity index (χ1) is 14.6. The summed E-state index contributed by atoms with van der Waals surface area (Å²) in [7, 11) is 3.17. The van der Waals surface area contributed by atoms with E-state index in [1.807, 2.05) is 17.2 Å². The van der Waals surface area contributed by atoms with Crippen LogP contribution >= 0.6 is 0 Å². The van der Waals surface area contributed by atoms with Crippen molar-refractivity contribution < 1.29 is 14.3 Å². The van der Waals surface area contributed by atoms with Gasteiger partial charge in [0.1, 0.15) is 17.3 Å². The minimum atomic E-state index is -0.0186. The maximum Gasteiger partial charge on any atom is 0.257 e. The van der Waals surface area contributed by atoms with E-state index in [-0.39, 0.29) is 11.8 Å². The van der Waals surface area contributed by atoms with Crippen molar-refractivity contribution in [3.63, 3.8) is 0 Å². The summed E-state index contributed by atoms with van der Waals surface area (Å²) in [4.78, 5) is 19.8. The third-order valence-electron chi connectivity index (χ3n) is 5.75. The molecule has 1 saturated heterocycles. The number of carbonyl (C=O) groups is 1. The van der Waals surface area contributed by atoms with Crippen molar-refractivity contribution in [2.45, 2.75) is 25.8 Å². The first-order valence-electron chi connectivity index (χ1n) is 10.2. The van der Waals surface area contributed by atoms with Crippen LogP contribution in [0.4, 0.5) is 0 Å². The van der Waals surface area contributed by atoms with E-state index in [2.05, 4.69) is 35.8 Å². The van der Waals surface area contributed by atoms with Gasteiger partial charge in [-0.3, -0.25) is 4.79 Å². The number of benzene rings is 2. The number of nitrogens with zero attached hydrogens (tertiary/aromatic N) is 3. The van der Waals surface area contributed by atoms with E-state index in [0.717, 1.165) is 24.5 Å². The van der Waals surface area contributed by atoms with Crippen LogP contribution in [0, 0.1) is 6.92 Å². The second-order valence-electron chi connectivity index (χ2n) is 7.63. The van der Waals surface area contributed by atoms with E-state index >= 15 is 0 Å². The lowest BCUT2D eigenvalue weighted by atomic mass is 10.1. The highest BCUT2D eigenvalue weighted by Gasteiger charge is 2.32. The number of methoxy groups -OCH3 is 2. The van der Waals surface area contributed by atoms with Gasteiger partial charge in [-0.05, 0) is 31.0 Å². The van der Waals surface area contributed by atoms with Gasteiger partial charge in [0.15, 0.2) is 0 Å². The summed E-state index contributed by atoms with van der Waals surface area (Å²) in [6.45, 7) is 4.23. The van der Waals surface area contributed by atoms with E-state index in [0.29, 0.717) is 30.2 Å². The lowest BCUT2D eigenvalue weighted by Gasteiger charge is -2.19. The van der Waals surface area contributed by atoms with Crippen molar-refractivity contribution >= 4 is 5.91 Å². The van der Waals surface area contributed by atoms with Crippen LogP contribution in [0.15, 0.2) is 54.7 Å². The number of imidazole rings is 1. The Morgan fingerprint density at radius 3 is 2.67 bits per heavy atom. The molecule has 1 aliphatic rings. The number of rotatable bonds is 6. The minimum Gasteiger partial charge on any atom is -0.497 e. The number of hydrogen-bond donors (Lipinski definition) is 0. The molecule has 3 aromatic rings. The van der Waals surface area contributed by atoms with E-state index in [4.69, 9.17) is 14.5 Å². The van der Waals surface area contributed by atoms with Gasteiger partial charge in [0.2, 0.25) is 0 Å². The fourth-order valence-electron chi connectivity index (χ4n) is 4.08. The summed E-state index contributed by atoms with van der Waals surface area (Å²) >= 11 is 0. The first-order valence-corrected chi connectivity index (χ1v) is 10.2. The number of aryl methyl sites for hydroxylation is 1. The van der Waals surface area contributed by atoms with Crippen molar-refractivity contribution in [1.82, 2.24) is 14.5 Å². The highest BCUT2D eigenvalue weighted by Crippen LogP contribution is 2.31. The number of carbonyl (C=O) groups excluding carboxylic acids is 1. The molecule has 1 atom stereocenters. The molecule has 1 fully saturated rings. The average Bonchev–Trinajstić information content (AvgIpc) is 3.41. The SMILES string of the molecule is COc1ccc(C(=O)N2CCC(c3ncc(C)n3Cc3ccccc3)C2)c(OC)c1. The second kappa shape index (κ2) is 8.61. The van der Waals surface area contributed by atoms with Crippen LogP contribution in [0.1, 0.15) is 39.8 Å². The first kappa shape index (κ1) is 20.0. The zero-order valence-electron chi connectivity index (χ0n) is 17.7. The summed E-state index contributed by atoms with van der Waals surface area (Å²) in [5.41, 5.74) is 2.94. The maximum absolute atomic E-state index is 13.2. The molecule has 0 spiro atoms. The summed E-state index contributed by atoms with van der Waals surface area (Å²) in [6, 6.07) is 15.7. The second-order valence-corrected chi connectivity index (χ2v) is 7.63. The number of aromatic nitrogens is 2. The highest BCUT2D eigenvalue weighted by molar-refractivity contribution is 5.97. The molecular weight excluding hydrogens is 378 g/mol. The Hall–Kier alpha value is -3.28. The molecule has 6 heteroatoms. The van der Waals surface area contributed by atoms with Crippen molar-refractivity contribution in [3.05, 3.63) is 77.4 Å². The maximum atomic E-state index is 13.2. The molecule has 156 valence electrons. The number of ether oxygens (including phenoxy) is 2. The van der Waals surface area contributed by atoms with Crippen molar-refractivity contribution in [3.8, 4) is 11.5 Å². The van der Waals surface area contributed by atoms with Crippen LogP contribution in [0.2, 0.25) is 0 Å². The fourth-order valence-corrected chi connectivity index (χ4v) is 4.08. The van der Waals surface area contributed by atoms with Gasteiger partial charge in [-0.15, -0.1) is 0 Å². The molecule has 2 aromatic carbocycles. The summed E-state index contributed by atoms with van der Waals surface area (Å²) in [6.07, 6.45) is 2.82. The zero-order chi connectivity index (χ0) is 21.1. The van der Waals surface area contributed by atoms with Gasteiger partial charge in [-0.2, -0.15) is 0 Å². The Morgan fingerprint density at radius 1 is 1.13 bits per heavy atom. The molecule has 0 aliphatic carbocycles. The molecular formula is C24H27N3O3. The largest absolute Gasteiger partial charge is 0.497 e. The molecule has 30 heavy (non-hydrogen) atoms. The van der Waals surface area contributed by atoms with Gasteiger partial charge in [0.25, 0.3) is 5.91 Å². The van der Waals surface area contributed by atoms with Crippen LogP contribution in [0.5, 0.6) is 11.5 Å². The molecule has 1 aliphatic heterocycles. The Labute approximate surface area is 177 Å². The van der Waals surface area contributed by atoms with E-state index in [9.17, 15) is 4.79 Å². The summed E-state index contributed by atoms with van der Waals surface area (Å²) in [5, 5.41) is 0. The van der Waals surface area contributed by atoms with Gasteiger partial charge < -0.3 is 18.9 Å². The number of likely N-dealkylation sites (tertiary alicyclic amines) is 1. The van der Waals surface area contributed by atoms with Gasteiger partial charge in [0, 0.05) is 43.5 Å². The Kier molecular flexibility index (Phi) is 5.74. The van der Waals surface area contributed by atoms with Crippen LogP contribution in [-0.2, 0) is 6.54 Å². The molecule has 1 aromatic heterocycles. The smallest absolute Gasteiger partial charge is 0.257 e. The minimum absolute atomic E-state index is 0.0186. The Morgan fingerprint density at radius 2 is 1.93 bits per heavy atom. The standard InChI is InChI=1S/C24H27N3O3/c1-17-14-25-23(27(17)15-18-7-5-4-6-8-18)19-11-12-26(16-19)24(28)21-10-9-20(29-2)13-22(21)30-3/h4-10,13-14,19H,11-12,15-16H2,1-3H3. The van der Waals surface area contributed by atoms with Gasteiger partial charge in [0.05, 0.1) is 19.8 Å². The highest BCUT2D eigenvalue weighted by atomic mass is 16.5. The molecule has 4 rings (SSSR count). The predicted molar refractivity (Wildman–Crippen MR) is 115 cm³/mol. The van der Waals surface area contributed by atoms with Crippen LogP contribution < -0.4 is 9.47 Å². The van der Waals surface area contributed by atoms with Crippen molar-refractivity contribution in [1.29, 1.82) is 0 Å². The molecule has 6 nitrogen and oxygen atoms in total. The molecule has 1 unspecified atom stereocenters. The number of hydrogen-bond acceptors (Lipinski definition) is 4. The quantitative estimate of drug-likeness (QED) is 0.624. The lowest BCUT2D eigenvalue weighted by molar-refractivity contribution is 0.0787. The monoisotopic (exact) mass is 405 g/mol. The molecule has 0 radical (unpaired) electrons. The van der Waals surface area contributed by atoms with Gasteiger partial charge in [-0.1, -0.05) is 30.3 Å². The van der Waals surface area contributed by atoms with Crippen LogP contribution in [-0.4, -0.2) is 47.7 Å². The fraction of sp³-hybridized carbons (Fsp3) is 0.333. The lowest BCUT2D eigenvalue weighted by Crippen LogP contribution is -2.29. The third kappa shape index (κ3) is 3.90. The molecule has 0 N–H and O–H groups in total. The predicted octanol–water partition coefficient (Wildman–Crippen LogP) is 3.89. The molecule has 0 saturated carbocycles. The third-order valence-corrected chi connectivity index (χ3v) is 5.75. The van der Waals surface area contributed by atoms with Crippen molar-refractivity contribution in [2.75, 3.05) is 27.3 Å². The zero-order valence-corrected chi connectivity index (χ0v) is 17.7. The normalized spacial score (nSPS) is 16.0. The molecule has 0 bridgehead atoms. The summed E-state index contributed by atoms with van der Waals surface area (Å²) < 4.78 is 12.9. The van der Waals surface area contributed by atoms with Crippen molar-refractivity contribution in [2.24, 2.45) is 0 Å². The summed E-state index contributed by atoms with van der Waals surface area (Å²) in [5.74, 6) is 2.45. The molecule has 1 amide bonds. The van der Waals surface area contributed by atoms with Crippen LogP contribution in [0.25, 0.3) is 0 Å². The topological polar surface area (TPSA) is 56.6 Å². The van der Waals surface area contributed by atoms with E-state index in [1.165, 1.54) is 5.56 Å². The van der Waals surface area contributed by atoms with Gasteiger partial charge >= 0.3 is 0 Å². The van der Waals surface area contributed by atoms with Crippen LogP contribution in [0.3, 0.4) is 0 Å². The Bertz CT molecular complexity index is 1030. The Balaban J connectivity index is 1.52. The molecule has 2 heterocycles. The van der Waals surface area contributed by atoms with E-state index < -0.39 is 0 Å². The average molecular weight is 405 g/mol. The van der Waals surface area contributed by atoms with E-state index in [1.54, 1.807) is 32.4 Å².